The van der Waals surface area contributed by atoms with Crippen LogP contribution in [0.5, 0.6) is 0 Å². The molecule has 0 aromatic heterocycles. The highest BCUT2D eigenvalue weighted by Gasteiger charge is 2.34. The predicted molar refractivity (Wildman–Crippen MR) is 55.9 cm³/mol. The van der Waals surface area contributed by atoms with Crippen LogP contribution in [0.3, 0.4) is 0 Å². The summed E-state index contributed by atoms with van der Waals surface area (Å²) in [6.45, 7) is 2.00. The van der Waals surface area contributed by atoms with E-state index < -0.39 is 21.9 Å². The van der Waals surface area contributed by atoms with Crippen molar-refractivity contribution in [1.82, 2.24) is 4.90 Å². The van der Waals surface area contributed by atoms with Crippen molar-refractivity contribution in [3.05, 3.63) is 0 Å². The molecule has 0 saturated carbocycles. The van der Waals surface area contributed by atoms with Crippen molar-refractivity contribution in [3.63, 3.8) is 0 Å². The van der Waals surface area contributed by atoms with Gasteiger partial charge >= 0.3 is 10.2 Å². The van der Waals surface area contributed by atoms with Crippen molar-refractivity contribution < 1.29 is 22.2 Å². The minimum Gasteiger partial charge on any atom is -0.396 e. The normalized spacial score (nSPS) is 23.8. The fourth-order valence-electron chi connectivity index (χ4n) is 1.97. The highest BCUT2D eigenvalue weighted by atomic mass is 32.3. The molecule has 0 aromatic carbocycles. The second-order valence-electron chi connectivity index (χ2n) is 4.18. The first-order valence-corrected chi connectivity index (χ1v) is 6.71. The number of aliphatic hydroxyl groups is 1. The van der Waals surface area contributed by atoms with E-state index in [1.165, 1.54) is 4.90 Å². The molecule has 1 fully saturated rings. The summed E-state index contributed by atoms with van der Waals surface area (Å²) in [4.78, 5) is 13.0. The number of hydrogen-bond acceptors (Lipinski definition) is 4. The number of aliphatic hydroxyl groups excluding tert-OH is 1. The fraction of sp³-hybridized carbons (Fsp3) is 0.889. The summed E-state index contributed by atoms with van der Waals surface area (Å²) in [6.07, 6.45) is 0.514. The lowest BCUT2D eigenvalue weighted by Gasteiger charge is -2.23. The first kappa shape index (κ1) is 13.4. The van der Waals surface area contributed by atoms with Crippen LogP contribution in [-0.4, -0.2) is 49.3 Å². The topological polar surface area (TPSA) is 74.7 Å². The van der Waals surface area contributed by atoms with Crippen LogP contribution in [0.25, 0.3) is 0 Å². The molecule has 0 aromatic rings. The molecule has 1 aliphatic heterocycles. The summed E-state index contributed by atoms with van der Waals surface area (Å²) in [5.41, 5.74) is 0. The van der Waals surface area contributed by atoms with Crippen molar-refractivity contribution in [3.8, 4) is 0 Å². The van der Waals surface area contributed by atoms with Crippen LogP contribution in [0.1, 0.15) is 19.8 Å². The number of likely N-dealkylation sites (tertiary alicyclic amines) is 1. The van der Waals surface area contributed by atoms with Gasteiger partial charge in [0.25, 0.3) is 0 Å². The SMILES string of the molecule is CC(CCO)N1CC(CS(=O)(=O)F)CC1=O. The lowest BCUT2D eigenvalue weighted by Crippen LogP contribution is -2.35. The molecule has 0 aliphatic carbocycles. The lowest BCUT2D eigenvalue weighted by atomic mass is 10.1. The standard InChI is InChI=1S/C9H16FNO4S/c1-7(2-3-12)11-5-8(4-9(11)13)6-16(10,14)15/h7-8,12H,2-6H2,1H3. The van der Waals surface area contributed by atoms with Gasteiger partial charge in [0.15, 0.2) is 0 Å². The van der Waals surface area contributed by atoms with Crippen LogP contribution in [-0.2, 0) is 15.0 Å². The number of carbonyl (C=O) groups is 1. The molecule has 1 aliphatic rings. The average molecular weight is 253 g/mol. The third-order valence-electron chi connectivity index (χ3n) is 2.75. The quantitative estimate of drug-likeness (QED) is 0.695. The Morgan fingerprint density at radius 3 is 2.75 bits per heavy atom. The maximum Gasteiger partial charge on any atom is 0.302 e. The third-order valence-corrected chi connectivity index (χ3v) is 3.62. The van der Waals surface area contributed by atoms with Crippen molar-refractivity contribution >= 4 is 16.1 Å². The van der Waals surface area contributed by atoms with E-state index in [-0.39, 0.29) is 31.5 Å². The number of hydrogen-bond donors (Lipinski definition) is 1. The Balaban J connectivity index is 2.57. The van der Waals surface area contributed by atoms with Gasteiger partial charge in [0.2, 0.25) is 5.91 Å². The van der Waals surface area contributed by atoms with Crippen LogP contribution in [0.4, 0.5) is 3.89 Å². The molecular formula is C9H16FNO4S. The summed E-state index contributed by atoms with van der Waals surface area (Å²) < 4.78 is 33.4. The van der Waals surface area contributed by atoms with E-state index in [0.717, 1.165) is 0 Å². The van der Waals surface area contributed by atoms with E-state index in [1.54, 1.807) is 6.92 Å². The number of carbonyl (C=O) groups excluding carboxylic acids is 1. The van der Waals surface area contributed by atoms with Gasteiger partial charge in [-0.2, -0.15) is 8.42 Å². The molecular weight excluding hydrogens is 237 g/mol. The second kappa shape index (κ2) is 5.09. The number of nitrogens with zero attached hydrogens (tertiary/aromatic N) is 1. The van der Waals surface area contributed by atoms with E-state index in [9.17, 15) is 17.1 Å². The summed E-state index contributed by atoms with van der Waals surface area (Å²) >= 11 is 0. The van der Waals surface area contributed by atoms with Crippen molar-refractivity contribution in [1.29, 1.82) is 0 Å². The molecule has 2 unspecified atom stereocenters. The summed E-state index contributed by atoms with van der Waals surface area (Å²) in [5.74, 6) is -1.24. The summed E-state index contributed by atoms with van der Waals surface area (Å²) in [5, 5.41) is 8.74. The molecule has 1 saturated heterocycles. The van der Waals surface area contributed by atoms with Crippen LogP contribution in [0, 0.1) is 5.92 Å². The molecule has 2 atom stereocenters. The molecule has 0 spiro atoms. The van der Waals surface area contributed by atoms with Gasteiger partial charge in [-0.05, 0) is 13.3 Å². The van der Waals surface area contributed by atoms with E-state index >= 15 is 0 Å². The predicted octanol–water partition coefficient (Wildman–Crippen LogP) is -0.0949. The van der Waals surface area contributed by atoms with E-state index in [0.29, 0.717) is 6.42 Å². The van der Waals surface area contributed by atoms with Gasteiger partial charge in [-0.25, -0.2) is 0 Å². The molecule has 94 valence electrons. The summed E-state index contributed by atoms with van der Waals surface area (Å²) in [7, 11) is -4.52. The van der Waals surface area contributed by atoms with Gasteiger partial charge in [-0.15, -0.1) is 3.89 Å². The molecule has 0 bridgehead atoms. The number of halogens is 1. The molecule has 7 heteroatoms. The number of amides is 1. The molecule has 1 amide bonds. The highest BCUT2D eigenvalue weighted by Crippen LogP contribution is 2.23. The minimum absolute atomic E-state index is 0.0307. The zero-order chi connectivity index (χ0) is 12.3. The first-order valence-electron chi connectivity index (χ1n) is 5.16. The van der Waals surface area contributed by atoms with Gasteiger partial charge in [-0.3, -0.25) is 4.79 Å². The van der Waals surface area contributed by atoms with Gasteiger partial charge in [0, 0.05) is 31.5 Å². The minimum atomic E-state index is -4.52. The van der Waals surface area contributed by atoms with Crippen LogP contribution < -0.4 is 0 Å². The monoisotopic (exact) mass is 253 g/mol. The smallest absolute Gasteiger partial charge is 0.302 e. The lowest BCUT2D eigenvalue weighted by molar-refractivity contribution is -0.129. The Kier molecular flexibility index (Phi) is 4.26. The van der Waals surface area contributed by atoms with Crippen molar-refractivity contribution in [2.75, 3.05) is 18.9 Å². The van der Waals surface area contributed by atoms with Crippen LogP contribution in [0.15, 0.2) is 0 Å². The van der Waals surface area contributed by atoms with Crippen LogP contribution >= 0.6 is 0 Å². The highest BCUT2D eigenvalue weighted by molar-refractivity contribution is 7.86. The first-order chi connectivity index (χ1) is 7.33. The molecule has 1 heterocycles. The Bertz CT molecular complexity index is 357. The molecule has 16 heavy (non-hydrogen) atoms. The zero-order valence-electron chi connectivity index (χ0n) is 9.10. The number of rotatable bonds is 5. The fourth-order valence-corrected chi connectivity index (χ4v) is 2.76. The van der Waals surface area contributed by atoms with E-state index in [1.807, 2.05) is 0 Å². The molecule has 0 radical (unpaired) electrons. The van der Waals surface area contributed by atoms with Gasteiger partial charge in [0.1, 0.15) is 0 Å². The van der Waals surface area contributed by atoms with E-state index in [4.69, 9.17) is 5.11 Å². The summed E-state index contributed by atoms with van der Waals surface area (Å²) in [6, 6.07) is -0.134. The largest absolute Gasteiger partial charge is 0.396 e. The molecule has 5 nitrogen and oxygen atoms in total. The van der Waals surface area contributed by atoms with Crippen LogP contribution in [0.2, 0.25) is 0 Å². The van der Waals surface area contributed by atoms with Crippen molar-refractivity contribution in [2.24, 2.45) is 5.92 Å². The Labute approximate surface area is 94.5 Å². The maximum atomic E-state index is 12.4. The molecule has 1 N–H and O–H groups in total. The molecule has 1 rings (SSSR count). The van der Waals surface area contributed by atoms with Gasteiger partial charge in [-0.1, -0.05) is 0 Å². The Hall–Kier alpha value is -0.690. The Morgan fingerprint density at radius 2 is 2.25 bits per heavy atom. The maximum absolute atomic E-state index is 12.4. The average Bonchev–Trinajstić information content (AvgIpc) is 2.44. The van der Waals surface area contributed by atoms with Gasteiger partial charge < -0.3 is 10.0 Å². The Morgan fingerprint density at radius 1 is 1.62 bits per heavy atom. The zero-order valence-corrected chi connectivity index (χ0v) is 9.91. The van der Waals surface area contributed by atoms with Crippen molar-refractivity contribution in [2.45, 2.75) is 25.8 Å². The second-order valence-corrected chi connectivity index (χ2v) is 5.59. The van der Waals surface area contributed by atoms with E-state index in [2.05, 4.69) is 0 Å². The van der Waals surface area contributed by atoms with Gasteiger partial charge in [0.05, 0.1) is 5.75 Å². The third kappa shape index (κ3) is 3.71.